The molecule has 1 aliphatic heterocycles. The van der Waals surface area contributed by atoms with Gasteiger partial charge in [0.25, 0.3) is 0 Å². The summed E-state index contributed by atoms with van der Waals surface area (Å²) >= 11 is 0. The summed E-state index contributed by atoms with van der Waals surface area (Å²) in [6, 6.07) is 6.17. The second kappa shape index (κ2) is 3.78. The van der Waals surface area contributed by atoms with E-state index in [1.165, 1.54) is 12.1 Å². The van der Waals surface area contributed by atoms with Crippen molar-refractivity contribution in [3.05, 3.63) is 35.6 Å². The van der Waals surface area contributed by atoms with E-state index in [1.54, 1.807) is 12.1 Å². The van der Waals surface area contributed by atoms with Crippen molar-refractivity contribution < 1.29 is 9.18 Å². The summed E-state index contributed by atoms with van der Waals surface area (Å²) in [5, 5.41) is 2.81. The molecule has 14 heavy (non-hydrogen) atoms. The molecule has 0 aromatic heterocycles. The average Bonchev–Trinajstić information content (AvgIpc) is 2.20. The second-order valence-corrected chi connectivity index (χ2v) is 3.54. The number of carbonyl (C=O) groups is 1. The predicted molar refractivity (Wildman–Crippen MR) is 51.4 cm³/mol. The maximum atomic E-state index is 12.7. The van der Waals surface area contributed by atoms with Crippen LogP contribution in [-0.2, 0) is 4.79 Å². The number of benzene rings is 1. The minimum Gasteiger partial charge on any atom is -0.356 e. The topological polar surface area (TPSA) is 29.1 Å². The van der Waals surface area contributed by atoms with Gasteiger partial charge in [-0.3, -0.25) is 4.79 Å². The van der Waals surface area contributed by atoms with Gasteiger partial charge in [0.05, 0.1) is 5.92 Å². The fourth-order valence-corrected chi connectivity index (χ4v) is 1.79. The number of amides is 1. The number of piperidine rings is 1. The Morgan fingerprint density at radius 1 is 1.29 bits per heavy atom. The lowest BCUT2D eigenvalue weighted by molar-refractivity contribution is -0.123. The van der Waals surface area contributed by atoms with Crippen molar-refractivity contribution in [1.82, 2.24) is 5.32 Å². The van der Waals surface area contributed by atoms with E-state index in [2.05, 4.69) is 5.32 Å². The SMILES string of the molecule is O=C1NCCCC1c1ccc(F)cc1. The Morgan fingerprint density at radius 2 is 2.00 bits per heavy atom. The normalized spacial score (nSPS) is 21.8. The third-order valence-corrected chi connectivity index (χ3v) is 2.56. The first kappa shape index (κ1) is 9.19. The highest BCUT2D eigenvalue weighted by Gasteiger charge is 2.23. The summed E-state index contributed by atoms with van der Waals surface area (Å²) in [5.41, 5.74) is 0.906. The number of carbonyl (C=O) groups excluding carboxylic acids is 1. The lowest BCUT2D eigenvalue weighted by atomic mass is 9.91. The largest absolute Gasteiger partial charge is 0.356 e. The molecular formula is C11H12FNO. The van der Waals surface area contributed by atoms with E-state index in [1.807, 2.05) is 0 Å². The van der Waals surface area contributed by atoms with Crippen LogP contribution in [0.25, 0.3) is 0 Å². The third kappa shape index (κ3) is 1.76. The molecule has 1 aromatic rings. The Balaban J connectivity index is 2.20. The first-order chi connectivity index (χ1) is 6.77. The van der Waals surface area contributed by atoms with Crippen LogP contribution in [0.2, 0.25) is 0 Å². The monoisotopic (exact) mass is 193 g/mol. The fraction of sp³-hybridized carbons (Fsp3) is 0.364. The molecule has 1 amide bonds. The van der Waals surface area contributed by atoms with Crippen molar-refractivity contribution in [1.29, 1.82) is 0 Å². The van der Waals surface area contributed by atoms with E-state index in [0.29, 0.717) is 0 Å². The molecule has 1 saturated heterocycles. The van der Waals surface area contributed by atoms with Crippen molar-refractivity contribution in [2.45, 2.75) is 18.8 Å². The van der Waals surface area contributed by atoms with Crippen LogP contribution in [0, 0.1) is 5.82 Å². The van der Waals surface area contributed by atoms with Gasteiger partial charge in [0.1, 0.15) is 5.82 Å². The fourth-order valence-electron chi connectivity index (χ4n) is 1.79. The van der Waals surface area contributed by atoms with Crippen LogP contribution in [0.1, 0.15) is 24.3 Å². The minimum atomic E-state index is -0.259. The highest BCUT2D eigenvalue weighted by Crippen LogP contribution is 2.24. The Morgan fingerprint density at radius 3 is 2.64 bits per heavy atom. The van der Waals surface area contributed by atoms with Gasteiger partial charge in [-0.15, -0.1) is 0 Å². The van der Waals surface area contributed by atoms with Crippen molar-refractivity contribution >= 4 is 5.91 Å². The molecule has 0 saturated carbocycles. The molecule has 0 radical (unpaired) electrons. The van der Waals surface area contributed by atoms with Crippen molar-refractivity contribution in [2.24, 2.45) is 0 Å². The highest BCUT2D eigenvalue weighted by atomic mass is 19.1. The van der Waals surface area contributed by atoms with Gasteiger partial charge in [-0.25, -0.2) is 4.39 Å². The Kier molecular flexibility index (Phi) is 2.48. The molecule has 1 N–H and O–H groups in total. The van der Waals surface area contributed by atoms with Gasteiger partial charge in [0.15, 0.2) is 0 Å². The smallest absolute Gasteiger partial charge is 0.227 e. The molecule has 1 unspecified atom stereocenters. The highest BCUT2D eigenvalue weighted by molar-refractivity contribution is 5.84. The molecular weight excluding hydrogens is 181 g/mol. The maximum absolute atomic E-state index is 12.7. The standard InChI is InChI=1S/C11H12FNO/c12-9-5-3-8(4-6-9)10-2-1-7-13-11(10)14/h3-6,10H,1-2,7H2,(H,13,14). The summed E-state index contributed by atoms with van der Waals surface area (Å²) in [7, 11) is 0. The number of hydrogen-bond acceptors (Lipinski definition) is 1. The van der Waals surface area contributed by atoms with E-state index >= 15 is 0 Å². The quantitative estimate of drug-likeness (QED) is 0.724. The molecule has 3 heteroatoms. The molecule has 1 fully saturated rings. The molecule has 2 nitrogen and oxygen atoms in total. The summed E-state index contributed by atoms with van der Waals surface area (Å²) in [5.74, 6) is -0.294. The van der Waals surface area contributed by atoms with E-state index in [9.17, 15) is 9.18 Å². The molecule has 0 spiro atoms. The zero-order valence-electron chi connectivity index (χ0n) is 7.79. The molecule has 1 aromatic carbocycles. The van der Waals surface area contributed by atoms with Crippen LogP contribution in [0.15, 0.2) is 24.3 Å². The zero-order chi connectivity index (χ0) is 9.97. The van der Waals surface area contributed by atoms with Crippen LogP contribution in [0.4, 0.5) is 4.39 Å². The van der Waals surface area contributed by atoms with Gasteiger partial charge in [-0.2, -0.15) is 0 Å². The first-order valence-corrected chi connectivity index (χ1v) is 4.80. The van der Waals surface area contributed by atoms with E-state index < -0.39 is 0 Å². The van der Waals surface area contributed by atoms with Gasteiger partial charge in [0, 0.05) is 6.54 Å². The predicted octanol–water partition coefficient (Wildman–Crippen LogP) is 1.82. The van der Waals surface area contributed by atoms with E-state index in [4.69, 9.17) is 0 Å². The average molecular weight is 193 g/mol. The minimum absolute atomic E-state index is 0.0582. The summed E-state index contributed by atoms with van der Waals surface area (Å²) in [6.45, 7) is 0.760. The Hall–Kier alpha value is -1.38. The zero-order valence-corrected chi connectivity index (χ0v) is 7.79. The van der Waals surface area contributed by atoms with Crippen molar-refractivity contribution in [3.8, 4) is 0 Å². The third-order valence-electron chi connectivity index (χ3n) is 2.56. The summed E-state index contributed by atoms with van der Waals surface area (Å²) < 4.78 is 12.7. The Labute approximate surface area is 82.1 Å². The maximum Gasteiger partial charge on any atom is 0.227 e. The van der Waals surface area contributed by atoms with Crippen LogP contribution in [0.3, 0.4) is 0 Å². The lowest BCUT2D eigenvalue weighted by Gasteiger charge is -2.21. The van der Waals surface area contributed by atoms with Gasteiger partial charge in [-0.05, 0) is 30.5 Å². The molecule has 2 rings (SSSR count). The van der Waals surface area contributed by atoms with E-state index in [0.717, 1.165) is 24.9 Å². The molecule has 74 valence electrons. The number of rotatable bonds is 1. The molecule has 0 bridgehead atoms. The van der Waals surface area contributed by atoms with Gasteiger partial charge in [-0.1, -0.05) is 12.1 Å². The van der Waals surface area contributed by atoms with Gasteiger partial charge < -0.3 is 5.32 Å². The van der Waals surface area contributed by atoms with Crippen LogP contribution >= 0.6 is 0 Å². The van der Waals surface area contributed by atoms with Crippen LogP contribution in [-0.4, -0.2) is 12.5 Å². The summed E-state index contributed by atoms with van der Waals surface area (Å²) in [6.07, 6.45) is 1.85. The lowest BCUT2D eigenvalue weighted by Crippen LogP contribution is -2.34. The molecule has 1 aliphatic rings. The van der Waals surface area contributed by atoms with E-state index in [-0.39, 0.29) is 17.6 Å². The number of hydrogen-bond donors (Lipinski definition) is 1. The van der Waals surface area contributed by atoms with Crippen molar-refractivity contribution in [3.63, 3.8) is 0 Å². The van der Waals surface area contributed by atoms with Crippen molar-refractivity contribution in [2.75, 3.05) is 6.54 Å². The number of halogens is 1. The Bertz CT molecular complexity index is 334. The molecule has 1 atom stereocenters. The van der Waals surface area contributed by atoms with Crippen LogP contribution in [0.5, 0.6) is 0 Å². The van der Waals surface area contributed by atoms with Gasteiger partial charge in [0.2, 0.25) is 5.91 Å². The first-order valence-electron chi connectivity index (χ1n) is 4.80. The van der Waals surface area contributed by atoms with Crippen LogP contribution < -0.4 is 5.32 Å². The summed E-state index contributed by atoms with van der Waals surface area (Å²) in [4.78, 5) is 11.5. The number of nitrogens with one attached hydrogen (secondary N) is 1. The van der Waals surface area contributed by atoms with Gasteiger partial charge >= 0.3 is 0 Å². The molecule has 1 heterocycles. The second-order valence-electron chi connectivity index (χ2n) is 3.54. The molecule has 0 aliphatic carbocycles.